The number of methoxy groups -OCH3 is 1. The first-order valence-corrected chi connectivity index (χ1v) is 9.31. The van der Waals surface area contributed by atoms with Gasteiger partial charge in [0, 0.05) is 12.1 Å². The molecule has 0 aliphatic carbocycles. The van der Waals surface area contributed by atoms with Crippen molar-refractivity contribution in [2.45, 2.75) is 19.8 Å². The first-order valence-electron chi connectivity index (χ1n) is 9.31. The summed E-state index contributed by atoms with van der Waals surface area (Å²) in [7, 11) is 1.61. The number of amides is 1. The molecule has 1 aromatic heterocycles. The molecule has 0 saturated carbocycles. The average Bonchev–Trinajstić information content (AvgIpc) is 3.09. The van der Waals surface area contributed by atoms with Gasteiger partial charge in [0.25, 0.3) is 0 Å². The van der Waals surface area contributed by atoms with E-state index in [2.05, 4.69) is 10.3 Å². The molecular weight excluding hydrogens is 375 g/mol. The quantitative estimate of drug-likeness (QED) is 0.553. The van der Waals surface area contributed by atoms with E-state index in [-0.39, 0.29) is 18.1 Å². The number of oxazole rings is 1. The standard InChI is InChI=1S/C22H23FN2O4/c1-15-20(25-22(29-15)16-4-8-18(27-2)9-5-16)14-21(26)24-12-3-13-28-19-10-6-17(23)7-11-19/h4-11H,3,12-14H2,1-2H3,(H,24,26). The number of benzene rings is 2. The predicted octanol–water partition coefficient (Wildman–Crippen LogP) is 3.93. The molecule has 3 rings (SSSR count). The summed E-state index contributed by atoms with van der Waals surface area (Å²) in [6.07, 6.45) is 0.780. The van der Waals surface area contributed by atoms with Crippen LogP contribution >= 0.6 is 0 Å². The molecule has 0 fully saturated rings. The molecule has 2 aromatic carbocycles. The maximum absolute atomic E-state index is 12.8. The van der Waals surface area contributed by atoms with Crippen molar-refractivity contribution in [2.75, 3.05) is 20.3 Å². The molecule has 29 heavy (non-hydrogen) atoms. The lowest BCUT2D eigenvalue weighted by atomic mass is 10.2. The van der Waals surface area contributed by atoms with Gasteiger partial charge in [-0.1, -0.05) is 0 Å². The zero-order valence-corrected chi connectivity index (χ0v) is 16.4. The van der Waals surface area contributed by atoms with E-state index in [1.54, 1.807) is 26.2 Å². The summed E-state index contributed by atoms with van der Waals surface area (Å²) >= 11 is 0. The van der Waals surface area contributed by atoms with Gasteiger partial charge in [0.1, 0.15) is 23.1 Å². The molecule has 7 heteroatoms. The molecule has 0 radical (unpaired) electrons. The van der Waals surface area contributed by atoms with Crippen LogP contribution in [0, 0.1) is 12.7 Å². The van der Waals surface area contributed by atoms with Crippen molar-refractivity contribution in [3.63, 3.8) is 0 Å². The van der Waals surface area contributed by atoms with E-state index in [0.29, 0.717) is 42.7 Å². The van der Waals surface area contributed by atoms with Gasteiger partial charge in [-0.15, -0.1) is 0 Å². The van der Waals surface area contributed by atoms with Crippen molar-refractivity contribution in [3.8, 4) is 23.0 Å². The minimum absolute atomic E-state index is 0.135. The van der Waals surface area contributed by atoms with Gasteiger partial charge >= 0.3 is 0 Å². The molecule has 0 atom stereocenters. The smallest absolute Gasteiger partial charge is 0.226 e. The number of ether oxygens (including phenoxy) is 2. The number of aryl methyl sites for hydroxylation is 1. The third kappa shape index (κ3) is 5.81. The van der Waals surface area contributed by atoms with Crippen molar-refractivity contribution < 1.29 is 23.1 Å². The monoisotopic (exact) mass is 398 g/mol. The molecule has 6 nitrogen and oxygen atoms in total. The Kier molecular flexibility index (Phi) is 6.84. The van der Waals surface area contributed by atoms with Crippen LogP contribution in [0.3, 0.4) is 0 Å². The van der Waals surface area contributed by atoms with Gasteiger partial charge < -0.3 is 19.2 Å². The van der Waals surface area contributed by atoms with Crippen LogP contribution in [0.1, 0.15) is 17.9 Å². The summed E-state index contributed by atoms with van der Waals surface area (Å²) in [6.45, 7) is 2.69. The van der Waals surface area contributed by atoms with Gasteiger partial charge in [-0.05, 0) is 61.9 Å². The van der Waals surface area contributed by atoms with Crippen LogP contribution in [0.25, 0.3) is 11.5 Å². The van der Waals surface area contributed by atoms with Crippen LogP contribution in [-0.4, -0.2) is 31.2 Å². The summed E-state index contributed by atoms with van der Waals surface area (Å²) in [5, 5.41) is 2.84. The molecule has 0 aliphatic heterocycles. The Morgan fingerprint density at radius 2 is 1.79 bits per heavy atom. The third-order valence-electron chi connectivity index (χ3n) is 4.28. The molecule has 152 valence electrons. The Bertz CT molecular complexity index is 936. The van der Waals surface area contributed by atoms with Gasteiger partial charge in [0.15, 0.2) is 0 Å². The second-order valence-corrected chi connectivity index (χ2v) is 6.43. The van der Waals surface area contributed by atoms with E-state index < -0.39 is 0 Å². The van der Waals surface area contributed by atoms with E-state index in [4.69, 9.17) is 13.9 Å². The van der Waals surface area contributed by atoms with Crippen molar-refractivity contribution in [2.24, 2.45) is 0 Å². The summed E-state index contributed by atoms with van der Waals surface area (Å²) < 4.78 is 29.2. The van der Waals surface area contributed by atoms with E-state index in [1.165, 1.54) is 12.1 Å². The lowest BCUT2D eigenvalue weighted by molar-refractivity contribution is -0.120. The Balaban J connectivity index is 1.44. The number of rotatable bonds is 9. The van der Waals surface area contributed by atoms with Crippen molar-refractivity contribution in [3.05, 3.63) is 65.8 Å². The highest BCUT2D eigenvalue weighted by atomic mass is 19.1. The van der Waals surface area contributed by atoms with Crippen LogP contribution in [-0.2, 0) is 11.2 Å². The van der Waals surface area contributed by atoms with Crippen LogP contribution in [0.5, 0.6) is 11.5 Å². The topological polar surface area (TPSA) is 73.6 Å². The minimum Gasteiger partial charge on any atom is -0.497 e. The maximum atomic E-state index is 12.8. The number of aromatic nitrogens is 1. The lowest BCUT2D eigenvalue weighted by Crippen LogP contribution is -2.27. The normalized spacial score (nSPS) is 10.6. The van der Waals surface area contributed by atoms with Crippen LogP contribution in [0.4, 0.5) is 4.39 Å². The highest BCUT2D eigenvalue weighted by Gasteiger charge is 2.14. The Morgan fingerprint density at radius 3 is 2.48 bits per heavy atom. The second kappa shape index (κ2) is 9.73. The van der Waals surface area contributed by atoms with E-state index in [1.807, 2.05) is 24.3 Å². The molecule has 0 saturated heterocycles. The first kappa shape index (κ1) is 20.4. The summed E-state index contributed by atoms with van der Waals surface area (Å²) in [4.78, 5) is 16.6. The van der Waals surface area contributed by atoms with Crippen LogP contribution in [0.2, 0.25) is 0 Å². The number of hydrogen-bond donors (Lipinski definition) is 1. The van der Waals surface area contributed by atoms with Gasteiger partial charge in [0.2, 0.25) is 11.8 Å². The number of carbonyl (C=O) groups excluding carboxylic acids is 1. The second-order valence-electron chi connectivity index (χ2n) is 6.43. The number of carbonyl (C=O) groups is 1. The van der Waals surface area contributed by atoms with Gasteiger partial charge in [-0.2, -0.15) is 0 Å². The Morgan fingerprint density at radius 1 is 1.10 bits per heavy atom. The lowest BCUT2D eigenvalue weighted by Gasteiger charge is -2.07. The van der Waals surface area contributed by atoms with Crippen molar-refractivity contribution in [1.29, 1.82) is 0 Å². The largest absolute Gasteiger partial charge is 0.497 e. The number of hydrogen-bond acceptors (Lipinski definition) is 5. The molecule has 1 N–H and O–H groups in total. The molecular formula is C22H23FN2O4. The molecule has 0 aliphatic rings. The minimum atomic E-state index is -0.303. The van der Waals surface area contributed by atoms with E-state index in [9.17, 15) is 9.18 Å². The number of halogens is 1. The molecule has 1 amide bonds. The fraction of sp³-hybridized carbons (Fsp3) is 0.273. The predicted molar refractivity (Wildman–Crippen MR) is 106 cm³/mol. The van der Waals surface area contributed by atoms with Gasteiger partial charge in [-0.25, -0.2) is 9.37 Å². The van der Waals surface area contributed by atoms with Gasteiger partial charge in [0.05, 0.1) is 25.8 Å². The fourth-order valence-electron chi connectivity index (χ4n) is 2.68. The molecule has 1 heterocycles. The zero-order chi connectivity index (χ0) is 20.6. The Hall–Kier alpha value is -3.35. The summed E-state index contributed by atoms with van der Waals surface area (Å²) in [5.74, 6) is 2.00. The average molecular weight is 398 g/mol. The molecule has 0 unspecified atom stereocenters. The summed E-state index contributed by atoms with van der Waals surface area (Å²) in [6, 6.07) is 13.2. The molecule has 3 aromatic rings. The SMILES string of the molecule is COc1ccc(-c2nc(CC(=O)NCCCOc3ccc(F)cc3)c(C)o2)cc1. The van der Waals surface area contributed by atoms with Crippen LogP contribution < -0.4 is 14.8 Å². The van der Waals surface area contributed by atoms with E-state index >= 15 is 0 Å². The number of nitrogens with zero attached hydrogens (tertiary/aromatic N) is 1. The fourth-order valence-corrected chi connectivity index (χ4v) is 2.68. The first-order chi connectivity index (χ1) is 14.0. The number of nitrogens with one attached hydrogen (secondary N) is 1. The highest BCUT2D eigenvalue weighted by Crippen LogP contribution is 2.24. The van der Waals surface area contributed by atoms with E-state index in [0.717, 1.165) is 11.3 Å². The van der Waals surface area contributed by atoms with Crippen LogP contribution in [0.15, 0.2) is 52.9 Å². The zero-order valence-electron chi connectivity index (χ0n) is 16.4. The summed E-state index contributed by atoms with van der Waals surface area (Å²) in [5.41, 5.74) is 1.43. The highest BCUT2D eigenvalue weighted by molar-refractivity contribution is 5.78. The van der Waals surface area contributed by atoms with Crippen molar-refractivity contribution >= 4 is 5.91 Å². The molecule has 0 bridgehead atoms. The van der Waals surface area contributed by atoms with Gasteiger partial charge in [-0.3, -0.25) is 4.79 Å². The molecule has 0 spiro atoms. The third-order valence-corrected chi connectivity index (χ3v) is 4.28. The van der Waals surface area contributed by atoms with Crippen molar-refractivity contribution in [1.82, 2.24) is 10.3 Å². The Labute approximate surface area is 168 Å². The maximum Gasteiger partial charge on any atom is 0.226 e.